The molecule has 104 valence electrons. The molecule has 0 aliphatic carbocycles. The topological polar surface area (TPSA) is 64.8 Å². The first-order valence-electron chi connectivity index (χ1n) is 6.82. The molecule has 18 heavy (non-hydrogen) atoms. The summed E-state index contributed by atoms with van der Waals surface area (Å²) >= 11 is 0. The van der Waals surface area contributed by atoms with Crippen LogP contribution in [-0.2, 0) is 14.3 Å². The first-order chi connectivity index (χ1) is 8.72. The zero-order valence-electron chi connectivity index (χ0n) is 11.2. The van der Waals surface area contributed by atoms with Crippen LogP contribution in [0.2, 0.25) is 0 Å². The van der Waals surface area contributed by atoms with Gasteiger partial charge < -0.3 is 20.1 Å². The standard InChI is InChI=1S/C13H24N2O3/c1-17-11-2-6-15(7-3-11)12(16)13(10-14)4-8-18-9-5-13/h11H,2-10,14H2,1H3. The summed E-state index contributed by atoms with van der Waals surface area (Å²) in [5.74, 6) is 0.225. The molecule has 5 heteroatoms. The Morgan fingerprint density at radius 2 is 2.00 bits per heavy atom. The lowest BCUT2D eigenvalue weighted by Crippen LogP contribution is -2.53. The molecule has 2 rings (SSSR count). The number of amides is 1. The molecule has 2 heterocycles. The van der Waals surface area contributed by atoms with E-state index in [0.717, 1.165) is 38.8 Å². The van der Waals surface area contributed by atoms with Gasteiger partial charge in [-0.05, 0) is 25.7 Å². The summed E-state index contributed by atoms with van der Waals surface area (Å²) in [6.45, 7) is 3.31. The molecule has 5 nitrogen and oxygen atoms in total. The van der Waals surface area contributed by atoms with E-state index in [1.807, 2.05) is 4.90 Å². The van der Waals surface area contributed by atoms with Gasteiger partial charge in [0, 0.05) is 40.0 Å². The van der Waals surface area contributed by atoms with Crippen LogP contribution in [0.1, 0.15) is 25.7 Å². The molecule has 0 saturated carbocycles. The van der Waals surface area contributed by atoms with Crippen molar-refractivity contribution in [3.63, 3.8) is 0 Å². The van der Waals surface area contributed by atoms with Gasteiger partial charge in [-0.25, -0.2) is 0 Å². The van der Waals surface area contributed by atoms with Crippen LogP contribution >= 0.6 is 0 Å². The maximum Gasteiger partial charge on any atom is 0.230 e. The summed E-state index contributed by atoms with van der Waals surface area (Å²) in [5.41, 5.74) is 5.49. The molecule has 2 fully saturated rings. The van der Waals surface area contributed by atoms with Crippen LogP contribution in [0.25, 0.3) is 0 Å². The van der Waals surface area contributed by atoms with Gasteiger partial charge in [-0.1, -0.05) is 0 Å². The lowest BCUT2D eigenvalue weighted by atomic mass is 9.78. The van der Waals surface area contributed by atoms with Gasteiger partial charge in [0.05, 0.1) is 11.5 Å². The van der Waals surface area contributed by atoms with E-state index in [4.69, 9.17) is 15.2 Å². The molecule has 2 N–H and O–H groups in total. The normalized spacial score (nSPS) is 25.1. The Bertz CT molecular complexity index is 282. The van der Waals surface area contributed by atoms with E-state index in [1.165, 1.54) is 0 Å². The van der Waals surface area contributed by atoms with Crippen molar-refractivity contribution < 1.29 is 14.3 Å². The number of methoxy groups -OCH3 is 1. The first kappa shape index (κ1) is 13.8. The second-order valence-electron chi connectivity index (χ2n) is 5.32. The summed E-state index contributed by atoms with van der Waals surface area (Å²) in [5, 5.41) is 0. The van der Waals surface area contributed by atoms with Crippen LogP contribution in [0.4, 0.5) is 0 Å². The second kappa shape index (κ2) is 5.99. The Hall–Kier alpha value is -0.650. The van der Waals surface area contributed by atoms with E-state index in [0.29, 0.717) is 25.9 Å². The summed E-state index contributed by atoms with van der Waals surface area (Å²) in [6.07, 6.45) is 3.68. The van der Waals surface area contributed by atoms with Gasteiger partial charge in [0.1, 0.15) is 0 Å². The average Bonchev–Trinajstić information content (AvgIpc) is 2.47. The zero-order chi connectivity index (χ0) is 13.0. The van der Waals surface area contributed by atoms with Gasteiger partial charge in [-0.15, -0.1) is 0 Å². The minimum atomic E-state index is -0.377. The van der Waals surface area contributed by atoms with Gasteiger partial charge in [-0.2, -0.15) is 0 Å². The van der Waals surface area contributed by atoms with Gasteiger partial charge >= 0.3 is 0 Å². The molecule has 1 amide bonds. The molecule has 2 aliphatic rings. The number of likely N-dealkylation sites (tertiary alicyclic amines) is 1. The molecule has 0 aromatic carbocycles. The SMILES string of the molecule is COC1CCN(C(=O)C2(CN)CCOCC2)CC1. The van der Waals surface area contributed by atoms with Crippen LogP contribution in [0.15, 0.2) is 0 Å². The van der Waals surface area contributed by atoms with Crippen molar-refractivity contribution in [1.29, 1.82) is 0 Å². The van der Waals surface area contributed by atoms with Gasteiger partial charge in [0.2, 0.25) is 5.91 Å². The van der Waals surface area contributed by atoms with Crippen LogP contribution in [0.3, 0.4) is 0 Å². The molecule has 0 bridgehead atoms. The van der Waals surface area contributed by atoms with Crippen molar-refractivity contribution in [3.05, 3.63) is 0 Å². The second-order valence-corrected chi connectivity index (χ2v) is 5.32. The van der Waals surface area contributed by atoms with Crippen LogP contribution in [0.5, 0.6) is 0 Å². The van der Waals surface area contributed by atoms with Crippen molar-refractivity contribution in [2.45, 2.75) is 31.8 Å². The van der Waals surface area contributed by atoms with Gasteiger partial charge in [0.15, 0.2) is 0 Å². The zero-order valence-corrected chi connectivity index (χ0v) is 11.2. The smallest absolute Gasteiger partial charge is 0.230 e. The molecule has 0 unspecified atom stereocenters. The van der Waals surface area contributed by atoms with E-state index in [1.54, 1.807) is 7.11 Å². The Balaban J connectivity index is 1.97. The monoisotopic (exact) mass is 256 g/mol. The molecule has 0 aromatic heterocycles. The number of hydrogen-bond acceptors (Lipinski definition) is 4. The van der Waals surface area contributed by atoms with Crippen molar-refractivity contribution in [2.75, 3.05) is 40.0 Å². The molecule has 0 aromatic rings. The van der Waals surface area contributed by atoms with Crippen molar-refractivity contribution in [3.8, 4) is 0 Å². The Labute approximate surface area is 109 Å². The van der Waals surface area contributed by atoms with E-state index in [2.05, 4.69) is 0 Å². The summed E-state index contributed by atoms with van der Waals surface area (Å²) in [4.78, 5) is 14.6. The fraction of sp³-hybridized carbons (Fsp3) is 0.923. The maximum atomic E-state index is 12.7. The van der Waals surface area contributed by atoms with E-state index in [-0.39, 0.29) is 11.3 Å². The Morgan fingerprint density at radius 3 is 2.50 bits per heavy atom. The lowest BCUT2D eigenvalue weighted by molar-refractivity contribution is -0.149. The van der Waals surface area contributed by atoms with Gasteiger partial charge in [0.25, 0.3) is 0 Å². The highest BCUT2D eigenvalue weighted by atomic mass is 16.5. The van der Waals surface area contributed by atoms with Crippen molar-refractivity contribution in [2.24, 2.45) is 11.1 Å². The van der Waals surface area contributed by atoms with Crippen LogP contribution in [-0.4, -0.2) is 56.9 Å². The number of hydrogen-bond donors (Lipinski definition) is 1. The molecule has 0 spiro atoms. The van der Waals surface area contributed by atoms with E-state index in [9.17, 15) is 4.79 Å². The number of carbonyl (C=O) groups excluding carboxylic acids is 1. The van der Waals surface area contributed by atoms with Crippen LogP contribution in [0, 0.1) is 5.41 Å². The summed E-state index contributed by atoms with van der Waals surface area (Å²) in [7, 11) is 1.74. The fourth-order valence-corrected chi connectivity index (χ4v) is 2.90. The van der Waals surface area contributed by atoms with Crippen LogP contribution < -0.4 is 5.73 Å². The van der Waals surface area contributed by atoms with Crippen molar-refractivity contribution in [1.82, 2.24) is 4.90 Å². The lowest BCUT2D eigenvalue weighted by Gasteiger charge is -2.41. The van der Waals surface area contributed by atoms with E-state index >= 15 is 0 Å². The predicted molar refractivity (Wildman–Crippen MR) is 68.2 cm³/mol. The first-order valence-corrected chi connectivity index (χ1v) is 6.82. The predicted octanol–water partition coefficient (Wildman–Crippen LogP) is 0.379. The highest BCUT2D eigenvalue weighted by Crippen LogP contribution is 2.32. The number of carbonyl (C=O) groups is 1. The largest absolute Gasteiger partial charge is 0.381 e. The molecular weight excluding hydrogens is 232 g/mol. The molecule has 2 saturated heterocycles. The third-order valence-electron chi connectivity index (χ3n) is 4.36. The summed E-state index contributed by atoms with van der Waals surface area (Å²) in [6, 6.07) is 0. The third-order valence-corrected chi connectivity index (χ3v) is 4.36. The maximum absolute atomic E-state index is 12.7. The van der Waals surface area contributed by atoms with Crippen molar-refractivity contribution >= 4 is 5.91 Å². The van der Waals surface area contributed by atoms with E-state index < -0.39 is 0 Å². The number of piperidine rings is 1. The fourth-order valence-electron chi connectivity index (χ4n) is 2.90. The Kier molecular flexibility index (Phi) is 4.59. The Morgan fingerprint density at radius 1 is 1.39 bits per heavy atom. The molecule has 0 atom stereocenters. The summed E-state index contributed by atoms with van der Waals surface area (Å²) < 4.78 is 10.7. The minimum absolute atomic E-state index is 0.225. The number of nitrogens with two attached hydrogens (primary N) is 1. The highest BCUT2D eigenvalue weighted by molar-refractivity contribution is 5.83. The number of rotatable bonds is 3. The van der Waals surface area contributed by atoms with Gasteiger partial charge in [-0.3, -0.25) is 4.79 Å². The number of nitrogens with zero attached hydrogens (tertiary/aromatic N) is 1. The number of ether oxygens (including phenoxy) is 2. The quantitative estimate of drug-likeness (QED) is 0.793. The average molecular weight is 256 g/mol. The highest BCUT2D eigenvalue weighted by Gasteiger charge is 2.42. The third kappa shape index (κ3) is 2.68. The molecule has 0 radical (unpaired) electrons. The molecular formula is C13H24N2O3. The minimum Gasteiger partial charge on any atom is -0.381 e. The molecule has 2 aliphatic heterocycles.